The quantitative estimate of drug-likeness (QED) is 0.808. The fraction of sp³-hybridized carbons (Fsp3) is 0.133. The third-order valence-corrected chi connectivity index (χ3v) is 3.34. The zero-order valence-corrected chi connectivity index (χ0v) is 12.1. The predicted molar refractivity (Wildman–Crippen MR) is 81.8 cm³/mol. The van der Waals surface area contributed by atoms with E-state index in [0.717, 1.165) is 11.3 Å². The number of carbonyl (C=O) groups excluding carboxylic acids is 1. The van der Waals surface area contributed by atoms with Crippen LogP contribution < -0.4 is 5.32 Å². The Morgan fingerprint density at radius 1 is 1.33 bits per heavy atom. The van der Waals surface area contributed by atoms with E-state index >= 15 is 0 Å². The molecule has 6 heteroatoms. The van der Waals surface area contributed by atoms with Crippen LogP contribution in [0.25, 0.3) is 5.65 Å². The first-order chi connectivity index (χ1) is 10.2. The Kier molecular flexibility index (Phi) is 3.58. The summed E-state index contributed by atoms with van der Waals surface area (Å²) >= 11 is 5.78. The maximum absolute atomic E-state index is 12.5. The van der Waals surface area contributed by atoms with Crippen LogP contribution in [-0.4, -0.2) is 20.3 Å². The molecule has 1 N–H and O–H groups in total. The van der Waals surface area contributed by atoms with E-state index in [4.69, 9.17) is 11.6 Å². The number of halogens is 1. The standard InChI is InChI=1S/C15H13ClN4O/c1-2-11-14(20-8-4-3-5-13(20)18-11)15(21)19-12-7-6-10(16)9-17-12/h3-9H,2H2,1H3,(H,17,19,21). The van der Waals surface area contributed by atoms with Gasteiger partial charge in [-0.1, -0.05) is 24.6 Å². The number of carbonyl (C=O) groups is 1. The average molecular weight is 301 g/mol. The van der Waals surface area contributed by atoms with Gasteiger partial charge in [-0.2, -0.15) is 0 Å². The molecule has 3 aromatic rings. The lowest BCUT2D eigenvalue weighted by atomic mass is 10.2. The molecule has 0 fully saturated rings. The van der Waals surface area contributed by atoms with Crippen molar-refractivity contribution in [3.8, 4) is 0 Å². The number of pyridine rings is 2. The number of hydrogen-bond acceptors (Lipinski definition) is 3. The molecular weight excluding hydrogens is 288 g/mol. The molecule has 5 nitrogen and oxygen atoms in total. The number of aryl methyl sites for hydroxylation is 1. The molecule has 0 saturated carbocycles. The summed E-state index contributed by atoms with van der Waals surface area (Å²) in [6, 6.07) is 8.97. The summed E-state index contributed by atoms with van der Waals surface area (Å²) in [6.07, 6.45) is 4.00. The Morgan fingerprint density at radius 2 is 2.19 bits per heavy atom. The number of fused-ring (bicyclic) bond motifs is 1. The largest absolute Gasteiger partial charge is 0.305 e. The summed E-state index contributed by atoms with van der Waals surface area (Å²) in [4.78, 5) is 21.0. The summed E-state index contributed by atoms with van der Waals surface area (Å²) in [6.45, 7) is 1.97. The van der Waals surface area contributed by atoms with Crippen molar-refractivity contribution in [2.75, 3.05) is 5.32 Å². The van der Waals surface area contributed by atoms with Gasteiger partial charge >= 0.3 is 0 Å². The molecule has 0 unspecified atom stereocenters. The van der Waals surface area contributed by atoms with Crippen LogP contribution in [0, 0.1) is 0 Å². The molecule has 0 bridgehead atoms. The fourth-order valence-corrected chi connectivity index (χ4v) is 2.27. The number of anilines is 1. The first-order valence-electron chi connectivity index (χ1n) is 6.58. The van der Waals surface area contributed by atoms with Crippen LogP contribution in [0.15, 0.2) is 42.7 Å². The topological polar surface area (TPSA) is 59.3 Å². The molecule has 0 aliphatic carbocycles. The van der Waals surface area contributed by atoms with E-state index in [-0.39, 0.29) is 5.91 Å². The lowest BCUT2D eigenvalue weighted by Gasteiger charge is -2.05. The zero-order chi connectivity index (χ0) is 14.8. The van der Waals surface area contributed by atoms with Gasteiger partial charge in [0.25, 0.3) is 5.91 Å². The number of aromatic nitrogens is 3. The summed E-state index contributed by atoms with van der Waals surface area (Å²) in [5, 5.41) is 3.29. The third-order valence-electron chi connectivity index (χ3n) is 3.12. The van der Waals surface area contributed by atoms with E-state index in [1.54, 1.807) is 16.5 Å². The highest BCUT2D eigenvalue weighted by atomic mass is 35.5. The molecule has 0 saturated heterocycles. The van der Waals surface area contributed by atoms with E-state index < -0.39 is 0 Å². The van der Waals surface area contributed by atoms with Crippen LogP contribution in [0.2, 0.25) is 5.02 Å². The highest BCUT2D eigenvalue weighted by molar-refractivity contribution is 6.30. The molecule has 0 aliphatic rings. The highest BCUT2D eigenvalue weighted by Gasteiger charge is 2.18. The van der Waals surface area contributed by atoms with Crippen molar-refractivity contribution in [3.05, 3.63) is 59.1 Å². The minimum atomic E-state index is -0.236. The molecule has 0 atom stereocenters. The van der Waals surface area contributed by atoms with E-state index in [0.29, 0.717) is 23.0 Å². The molecule has 0 aromatic carbocycles. The Hall–Kier alpha value is -2.40. The highest BCUT2D eigenvalue weighted by Crippen LogP contribution is 2.16. The molecule has 3 heterocycles. The van der Waals surface area contributed by atoms with Crippen LogP contribution in [0.5, 0.6) is 0 Å². The number of amides is 1. The van der Waals surface area contributed by atoms with E-state index in [1.165, 1.54) is 6.20 Å². The number of hydrogen-bond donors (Lipinski definition) is 1. The van der Waals surface area contributed by atoms with Gasteiger partial charge in [0.15, 0.2) is 0 Å². The Balaban J connectivity index is 1.99. The number of nitrogens with zero attached hydrogens (tertiary/aromatic N) is 3. The minimum Gasteiger partial charge on any atom is -0.305 e. The molecule has 21 heavy (non-hydrogen) atoms. The van der Waals surface area contributed by atoms with Crippen molar-refractivity contribution in [3.63, 3.8) is 0 Å². The molecule has 3 aromatic heterocycles. The van der Waals surface area contributed by atoms with Crippen molar-refractivity contribution < 1.29 is 4.79 Å². The second kappa shape index (κ2) is 5.54. The zero-order valence-electron chi connectivity index (χ0n) is 11.4. The smallest absolute Gasteiger partial charge is 0.275 e. The lowest BCUT2D eigenvalue weighted by Crippen LogP contribution is -2.16. The average Bonchev–Trinajstić information content (AvgIpc) is 2.88. The van der Waals surface area contributed by atoms with E-state index in [2.05, 4.69) is 15.3 Å². The summed E-state index contributed by atoms with van der Waals surface area (Å²) in [7, 11) is 0. The van der Waals surface area contributed by atoms with Crippen LogP contribution in [0.1, 0.15) is 23.1 Å². The Bertz CT molecular complexity index is 795. The van der Waals surface area contributed by atoms with Crippen LogP contribution in [0.3, 0.4) is 0 Å². The number of nitrogens with one attached hydrogen (secondary N) is 1. The van der Waals surface area contributed by atoms with Gasteiger partial charge in [0.2, 0.25) is 0 Å². The first kappa shape index (κ1) is 13.6. The second-order valence-electron chi connectivity index (χ2n) is 4.51. The van der Waals surface area contributed by atoms with Crippen LogP contribution in [-0.2, 0) is 6.42 Å². The maximum atomic E-state index is 12.5. The van der Waals surface area contributed by atoms with Gasteiger partial charge in [-0.05, 0) is 30.7 Å². The minimum absolute atomic E-state index is 0.236. The molecule has 0 spiro atoms. The van der Waals surface area contributed by atoms with Crippen molar-refractivity contribution in [1.82, 2.24) is 14.4 Å². The first-order valence-corrected chi connectivity index (χ1v) is 6.95. The SMILES string of the molecule is CCc1nc2ccccn2c1C(=O)Nc1ccc(Cl)cn1. The van der Waals surface area contributed by atoms with Crippen molar-refractivity contribution in [1.29, 1.82) is 0 Å². The monoisotopic (exact) mass is 300 g/mol. The van der Waals surface area contributed by atoms with Gasteiger partial charge in [-0.25, -0.2) is 9.97 Å². The van der Waals surface area contributed by atoms with Gasteiger partial charge < -0.3 is 5.32 Å². The second-order valence-corrected chi connectivity index (χ2v) is 4.94. The normalized spacial score (nSPS) is 10.8. The third kappa shape index (κ3) is 2.60. The molecule has 0 radical (unpaired) electrons. The summed E-state index contributed by atoms with van der Waals surface area (Å²) in [5.41, 5.74) is 2.04. The number of imidazole rings is 1. The Morgan fingerprint density at radius 3 is 2.90 bits per heavy atom. The van der Waals surface area contributed by atoms with Gasteiger partial charge in [0.05, 0.1) is 10.7 Å². The summed E-state index contributed by atoms with van der Waals surface area (Å²) < 4.78 is 1.78. The van der Waals surface area contributed by atoms with E-state index in [1.807, 2.05) is 31.3 Å². The van der Waals surface area contributed by atoms with Crippen molar-refractivity contribution in [2.24, 2.45) is 0 Å². The molecule has 3 rings (SSSR count). The summed E-state index contributed by atoms with van der Waals surface area (Å²) in [5.74, 6) is 0.220. The molecule has 1 amide bonds. The van der Waals surface area contributed by atoms with E-state index in [9.17, 15) is 4.79 Å². The van der Waals surface area contributed by atoms with Crippen LogP contribution in [0.4, 0.5) is 5.82 Å². The predicted octanol–water partition coefficient (Wildman–Crippen LogP) is 3.20. The van der Waals surface area contributed by atoms with Crippen LogP contribution >= 0.6 is 11.6 Å². The van der Waals surface area contributed by atoms with Gasteiger partial charge in [0.1, 0.15) is 17.2 Å². The van der Waals surface area contributed by atoms with Gasteiger partial charge in [-0.3, -0.25) is 9.20 Å². The molecule has 106 valence electrons. The Labute approximate surface area is 126 Å². The fourth-order valence-electron chi connectivity index (χ4n) is 2.16. The maximum Gasteiger partial charge on any atom is 0.275 e. The number of rotatable bonds is 3. The molecule has 0 aliphatic heterocycles. The van der Waals surface area contributed by atoms with Gasteiger partial charge in [0, 0.05) is 12.4 Å². The van der Waals surface area contributed by atoms with Gasteiger partial charge in [-0.15, -0.1) is 0 Å². The lowest BCUT2D eigenvalue weighted by molar-refractivity contribution is 0.102. The van der Waals surface area contributed by atoms with Crippen molar-refractivity contribution in [2.45, 2.75) is 13.3 Å². The molecular formula is C15H13ClN4O. The van der Waals surface area contributed by atoms with Crippen molar-refractivity contribution >= 4 is 29.0 Å².